The van der Waals surface area contributed by atoms with Crippen molar-refractivity contribution >= 4 is 26.6 Å². The molecule has 0 aliphatic carbocycles. The van der Waals surface area contributed by atoms with E-state index in [-0.39, 0.29) is 35.3 Å². The number of carbonyl (C=O) groups is 1. The van der Waals surface area contributed by atoms with E-state index in [9.17, 15) is 17.6 Å². The number of halogens is 1. The molecule has 0 saturated carbocycles. The maximum atomic E-state index is 14.3. The molecule has 4 heterocycles. The van der Waals surface area contributed by atoms with Gasteiger partial charge in [0.05, 0.1) is 30.7 Å². The van der Waals surface area contributed by atoms with Crippen LogP contribution in [0.5, 0.6) is 11.6 Å². The van der Waals surface area contributed by atoms with Gasteiger partial charge in [-0.15, -0.1) is 0 Å². The first-order valence-electron chi connectivity index (χ1n) is 11.6. The summed E-state index contributed by atoms with van der Waals surface area (Å²) >= 11 is 0. The molecular weight excluding hydrogens is 473 g/mol. The maximum absolute atomic E-state index is 14.3. The van der Waals surface area contributed by atoms with Crippen molar-refractivity contribution in [3.8, 4) is 22.8 Å². The summed E-state index contributed by atoms with van der Waals surface area (Å²) < 4.78 is 48.7. The Hall–Kier alpha value is -3.27. The number of pyridine rings is 2. The minimum absolute atomic E-state index is 0.0185. The highest BCUT2D eigenvalue weighted by molar-refractivity contribution is 7.91. The molecule has 1 atom stereocenters. The van der Waals surface area contributed by atoms with Crippen molar-refractivity contribution in [2.45, 2.75) is 25.4 Å². The topological polar surface area (TPSA) is 98.7 Å². The van der Waals surface area contributed by atoms with Crippen LogP contribution in [0.4, 0.5) is 4.39 Å². The predicted octanol–water partition coefficient (Wildman–Crippen LogP) is 3.25. The second kappa shape index (κ2) is 9.41. The number of hydrogen-bond donors (Lipinski definition) is 0. The van der Waals surface area contributed by atoms with Crippen LogP contribution < -0.4 is 9.47 Å². The number of amides is 1. The molecular formula is C25H26FN3O5S. The van der Waals surface area contributed by atoms with E-state index in [4.69, 9.17) is 9.47 Å². The van der Waals surface area contributed by atoms with E-state index < -0.39 is 15.7 Å². The number of benzene rings is 1. The van der Waals surface area contributed by atoms with Gasteiger partial charge in [-0.2, -0.15) is 0 Å². The summed E-state index contributed by atoms with van der Waals surface area (Å²) in [6, 6.07) is 8.74. The second-order valence-corrected chi connectivity index (χ2v) is 11.3. The predicted molar refractivity (Wildman–Crippen MR) is 128 cm³/mol. The van der Waals surface area contributed by atoms with E-state index in [1.165, 1.54) is 13.2 Å². The van der Waals surface area contributed by atoms with Gasteiger partial charge in [-0.05, 0) is 48.7 Å². The zero-order chi connectivity index (χ0) is 24.6. The van der Waals surface area contributed by atoms with Gasteiger partial charge in [-0.1, -0.05) is 0 Å². The number of rotatable bonds is 5. The zero-order valence-electron chi connectivity index (χ0n) is 19.3. The Balaban J connectivity index is 1.31. The van der Waals surface area contributed by atoms with Gasteiger partial charge < -0.3 is 14.4 Å². The van der Waals surface area contributed by atoms with E-state index in [0.717, 1.165) is 16.5 Å². The minimum atomic E-state index is -3.00. The Kier molecular flexibility index (Phi) is 6.31. The van der Waals surface area contributed by atoms with Crippen molar-refractivity contribution in [2.24, 2.45) is 5.92 Å². The van der Waals surface area contributed by atoms with E-state index >= 15 is 0 Å². The molecule has 0 spiro atoms. The molecule has 3 aromatic rings. The highest BCUT2D eigenvalue weighted by Crippen LogP contribution is 2.32. The molecule has 2 aliphatic heterocycles. The summed E-state index contributed by atoms with van der Waals surface area (Å²) in [7, 11) is -1.63. The second-order valence-electron chi connectivity index (χ2n) is 8.99. The molecule has 10 heteroatoms. The smallest absolute Gasteiger partial charge is 0.250 e. The number of hydrogen-bond acceptors (Lipinski definition) is 7. The van der Waals surface area contributed by atoms with Crippen LogP contribution in [0.3, 0.4) is 0 Å². The van der Waals surface area contributed by atoms with Crippen LogP contribution in [0.25, 0.3) is 22.0 Å². The molecule has 8 nitrogen and oxygen atoms in total. The molecule has 0 bridgehead atoms. The lowest BCUT2D eigenvalue weighted by Gasteiger charge is -2.26. The van der Waals surface area contributed by atoms with Crippen LogP contribution in [0.2, 0.25) is 0 Å². The summed E-state index contributed by atoms with van der Waals surface area (Å²) in [6.07, 6.45) is 4.54. The number of likely N-dealkylation sites (tertiary alicyclic amines) is 1. The van der Waals surface area contributed by atoms with E-state index in [1.807, 2.05) is 18.2 Å². The molecule has 184 valence electrons. The number of nitrogens with zero attached hydrogens (tertiary/aromatic N) is 3. The first-order valence-corrected chi connectivity index (χ1v) is 13.4. The molecule has 0 N–H and O–H groups in total. The third-order valence-electron chi connectivity index (χ3n) is 6.69. The number of carbonyl (C=O) groups excluding carboxylic acids is 1. The van der Waals surface area contributed by atoms with Crippen LogP contribution in [0.1, 0.15) is 19.3 Å². The van der Waals surface area contributed by atoms with Crippen LogP contribution in [0.15, 0.2) is 42.7 Å². The number of fused-ring (bicyclic) bond motifs is 1. The fourth-order valence-corrected chi connectivity index (χ4v) is 6.28. The molecule has 2 saturated heterocycles. The summed E-state index contributed by atoms with van der Waals surface area (Å²) in [6.45, 7) is 1.05. The summed E-state index contributed by atoms with van der Waals surface area (Å²) in [5.74, 6) is -0.0249. The highest BCUT2D eigenvalue weighted by Gasteiger charge is 2.35. The average Bonchev–Trinajstić information content (AvgIpc) is 3.31. The molecule has 1 amide bonds. The Morgan fingerprint density at radius 3 is 2.66 bits per heavy atom. The molecule has 2 fully saturated rings. The number of methoxy groups -OCH3 is 1. The van der Waals surface area contributed by atoms with Crippen LogP contribution in [0, 0.1) is 11.7 Å². The fraction of sp³-hybridized carbons (Fsp3) is 0.400. The van der Waals surface area contributed by atoms with Crippen molar-refractivity contribution in [1.29, 1.82) is 0 Å². The van der Waals surface area contributed by atoms with Gasteiger partial charge in [0.25, 0.3) is 0 Å². The van der Waals surface area contributed by atoms with Gasteiger partial charge in [0.1, 0.15) is 21.7 Å². The molecule has 5 rings (SSSR count). The molecule has 0 radical (unpaired) electrons. The normalized spacial score (nSPS) is 20.2. The monoisotopic (exact) mass is 499 g/mol. The Labute approximate surface area is 203 Å². The van der Waals surface area contributed by atoms with Crippen molar-refractivity contribution < 1.29 is 27.1 Å². The van der Waals surface area contributed by atoms with Gasteiger partial charge in [0.2, 0.25) is 11.8 Å². The van der Waals surface area contributed by atoms with Crippen LogP contribution in [-0.2, 0) is 14.6 Å². The summed E-state index contributed by atoms with van der Waals surface area (Å²) in [5.41, 5.74) is 2.10. The quantitative estimate of drug-likeness (QED) is 0.531. The standard InChI is InChI=1S/C25H26FN3O5S/c1-33-24-22(26)12-17(14-28-24)20-4-8-27-23-3-2-18(13-21(20)23)34-19-5-9-29(15-19)25(30)16-6-10-35(31,32)11-7-16/h2-4,8,12-14,16,19H,5-7,9-11,15H2,1H3/t19-/m0/s1. The third-order valence-corrected chi connectivity index (χ3v) is 8.40. The van der Waals surface area contributed by atoms with Gasteiger partial charge >= 0.3 is 0 Å². The van der Waals surface area contributed by atoms with Gasteiger partial charge in [0.15, 0.2) is 5.82 Å². The number of sulfone groups is 1. The molecule has 0 unspecified atom stereocenters. The van der Waals surface area contributed by atoms with Gasteiger partial charge in [0, 0.05) is 42.2 Å². The molecule has 35 heavy (non-hydrogen) atoms. The SMILES string of the molecule is COc1ncc(-c2ccnc3ccc(O[C@H]4CCN(C(=O)C5CCS(=O)(=O)CC5)C4)cc23)cc1F. The van der Waals surface area contributed by atoms with Crippen molar-refractivity contribution in [3.05, 3.63) is 48.5 Å². The van der Waals surface area contributed by atoms with E-state index in [0.29, 0.717) is 43.7 Å². The van der Waals surface area contributed by atoms with Crippen molar-refractivity contribution in [3.63, 3.8) is 0 Å². The van der Waals surface area contributed by atoms with E-state index in [2.05, 4.69) is 9.97 Å². The highest BCUT2D eigenvalue weighted by atomic mass is 32.2. The van der Waals surface area contributed by atoms with Crippen molar-refractivity contribution in [2.75, 3.05) is 31.7 Å². The first kappa shape index (κ1) is 23.5. The average molecular weight is 500 g/mol. The van der Waals surface area contributed by atoms with E-state index in [1.54, 1.807) is 23.4 Å². The maximum Gasteiger partial charge on any atom is 0.250 e. The zero-order valence-corrected chi connectivity index (χ0v) is 20.1. The lowest BCUT2D eigenvalue weighted by atomic mass is 10.0. The molecule has 2 aromatic heterocycles. The lowest BCUT2D eigenvalue weighted by Crippen LogP contribution is -2.39. The Bertz CT molecular complexity index is 1370. The van der Waals surface area contributed by atoms with Crippen LogP contribution >= 0.6 is 0 Å². The largest absolute Gasteiger partial charge is 0.488 e. The molecule has 1 aromatic carbocycles. The third kappa shape index (κ3) is 4.93. The summed E-state index contributed by atoms with van der Waals surface area (Å²) in [4.78, 5) is 23.1. The first-order chi connectivity index (χ1) is 16.8. The number of aromatic nitrogens is 2. The Morgan fingerprint density at radius 1 is 1.11 bits per heavy atom. The summed E-state index contributed by atoms with van der Waals surface area (Å²) in [5, 5.41) is 0.797. The lowest BCUT2D eigenvalue weighted by molar-refractivity contribution is -0.135. The molecule has 2 aliphatic rings. The number of ether oxygens (including phenoxy) is 2. The fourth-order valence-electron chi connectivity index (χ4n) is 4.79. The van der Waals surface area contributed by atoms with Gasteiger partial charge in [-0.3, -0.25) is 9.78 Å². The van der Waals surface area contributed by atoms with Crippen LogP contribution in [-0.4, -0.2) is 67.0 Å². The van der Waals surface area contributed by atoms with Gasteiger partial charge in [-0.25, -0.2) is 17.8 Å². The minimum Gasteiger partial charge on any atom is -0.488 e. The van der Waals surface area contributed by atoms with Crippen molar-refractivity contribution in [1.82, 2.24) is 14.9 Å². The Morgan fingerprint density at radius 2 is 1.91 bits per heavy atom.